The predicted molar refractivity (Wildman–Crippen MR) is 91.4 cm³/mol. The van der Waals surface area contributed by atoms with Gasteiger partial charge >= 0.3 is 5.97 Å². The first-order valence-corrected chi connectivity index (χ1v) is 7.70. The van der Waals surface area contributed by atoms with E-state index in [2.05, 4.69) is 15.3 Å². The highest BCUT2D eigenvalue weighted by atomic mass is 16.5. The largest absolute Gasteiger partial charge is 0.477 e. The molecule has 0 saturated heterocycles. The number of likely N-dealkylation sites (N-methyl/N-ethyl adjacent to an activating group) is 1. The van der Waals surface area contributed by atoms with Gasteiger partial charge in [0, 0.05) is 36.4 Å². The molecule has 0 saturated carbocycles. The van der Waals surface area contributed by atoms with E-state index < -0.39 is 11.8 Å². The Kier molecular flexibility index (Phi) is 4.53. The van der Waals surface area contributed by atoms with E-state index in [-0.39, 0.29) is 17.2 Å². The minimum atomic E-state index is -1.32. The van der Waals surface area contributed by atoms with Crippen LogP contribution in [-0.2, 0) is 14.3 Å². The zero-order valence-electron chi connectivity index (χ0n) is 13.9. The molecule has 0 aliphatic carbocycles. The maximum atomic E-state index is 12.4. The summed E-state index contributed by atoms with van der Waals surface area (Å²) in [6, 6.07) is 3.64. The summed E-state index contributed by atoms with van der Waals surface area (Å²) in [5.41, 5.74) is 0.990. The first-order chi connectivity index (χ1) is 12.0. The van der Waals surface area contributed by atoms with Crippen LogP contribution in [0.5, 0.6) is 0 Å². The minimum absolute atomic E-state index is 0.0245. The highest BCUT2D eigenvalue weighted by molar-refractivity contribution is 6.26. The lowest BCUT2D eigenvalue weighted by Gasteiger charge is -2.11. The summed E-state index contributed by atoms with van der Waals surface area (Å²) in [5.74, 6) is -2.03. The van der Waals surface area contributed by atoms with E-state index in [9.17, 15) is 14.7 Å². The van der Waals surface area contributed by atoms with E-state index >= 15 is 0 Å². The lowest BCUT2D eigenvalue weighted by molar-refractivity contribution is -0.134. The molecular weight excluding hydrogens is 324 g/mol. The van der Waals surface area contributed by atoms with Crippen LogP contribution < -0.4 is 5.32 Å². The molecule has 25 heavy (non-hydrogen) atoms. The fourth-order valence-electron chi connectivity index (χ4n) is 2.48. The van der Waals surface area contributed by atoms with Crippen LogP contribution >= 0.6 is 0 Å². The monoisotopic (exact) mass is 342 g/mol. The number of Topliss-reactive ketones (excluding diaryl/α,β-unsaturated/α-hetero) is 1. The second-order valence-corrected chi connectivity index (χ2v) is 5.82. The lowest BCUT2D eigenvalue weighted by atomic mass is 10.1. The second-order valence-electron chi connectivity index (χ2n) is 5.82. The third-order valence-electron chi connectivity index (χ3n) is 3.72. The molecule has 2 aromatic rings. The van der Waals surface area contributed by atoms with E-state index in [0.29, 0.717) is 24.3 Å². The minimum Gasteiger partial charge on any atom is -0.477 e. The molecule has 1 aliphatic heterocycles. The quantitative estimate of drug-likeness (QED) is 0.530. The van der Waals surface area contributed by atoms with Gasteiger partial charge in [-0.3, -0.25) is 4.79 Å². The summed E-state index contributed by atoms with van der Waals surface area (Å²) in [6.07, 6.45) is 4.87. The van der Waals surface area contributed by atoms with Crippen molar-refractivity contribution in [2.75, 3.05) is 27.2 Å². The normalized spacial score (nSPS) is 16.1. The number of aromatic nitrogens is 2. The van der Waals surface area contributed by atoms with Gasteiger partial charge in [-0.1, -0.05) is 0 Å². The van der Waals surface area contributed by atoms with Crippen molar-refractivity contribution in [3.63, 3.8) is 0 Å². The number of hydrogen-bond acceptors (Lipinski definition) is 6. The summed E-state index contributed by atoms with van der Waals surface area (Å²) < 4.78 is 5.50. The van der Waals surface area contributed by atoms with Gasteiger partial charge in [-0.25, -0.2) is 9.78 Å². The van der Waals surface area contributed by atoms with E-state index in [1.807, 2.05) is 25.1 Å². The number of hydrogen-bond donors (Lipinski definition) is 3. The summed E-state index contributed by atoms with van der Waals surface area (Å²) in [4.78, 5) is 32.9. The van der Waals surface area contributed by atoms with Crippen molar-refractivity contribution in [3.05, 3.63) is 47.3 Å². The third kappa shape index (κ3) is 3.38. The molecular formula is C17H18N4O4. The van der Waals surface area contributed by atoms with Crippen molar-refractivity contribution in [3.8, 4) is 0 Å². The molecule has 0 unspecified atom stereocenters. The summed E-state index contributed by atoms with van der Waals surface area (Å²) in [5, 5.41) is 13.0. The number of ether oxygens (including phenoxy) is 1. The Morgan fingerprint density at radius 2 is 2.28 bits per heavy atom. The van der Waals surface area contributed by atoms with Crippen LogP contribution in [0.4, 0.5) is 0 Å². The van der Waals surface area contributed by atoms with E-state index in [1.165, 1.54) is 6.08 Å². The van der Waals surface area contributed by atoms with Gasteiger partial charge in [-0.05, 0) is 32.3 Å². The predicted octanol–water partition coefficient (Wildman–Crippen LogP) is 0.951. The number of nitrogens with zero attached hydrogens (tertiary/aromatic N) is 2. The van der Waals surface area contributed by atoms with Gasteiger partial charge in [0.2, 0.25) is 11.7 Å². The third-order valence-corrected chi connectivity index (χ3v) is 3.72. The lowest BCUT2D eigenvalue weighted by Crippen LogP contribution is -2.27. The number of H-pyrrole nitrogens is 1. The number of fused-ring (bicyclic) bond motifs is 1. The zero-order valence-corrected chi connectivity index (χ0v) is 13.9. The van der Waals surface area contributed by atoms with Gasteiger partial charge in [0.25, 0.3) is 0 Å². The molecule has 8 heteroatoms. The molecule has 1 aliphatic rings. The molecule has 3 N–H and O–H groups in total. The summed E-state index contributed by atoms with van der Waals surface area (Å²) >= 11 is 0. The number of aliphatic carboxylic acids is 1. The number of aromatic amines is 1. The Morgan fingerprint density at radius 3 is 3.00 bits per heavy atom. The molecule has 130 valence electrons. The van der Waals surface area contributed by atoms with Gasteiger partial charge < -0.3 is 25.0 Å². The first kappa shape index (κ1) is 16.7. The molecule has 0 spiro atoms. The molecule has 3 rings (SSSR count). The van der Waals surface area contributed by atoms with Crippen molar-refractivity contribution >= 4 is 28.9 Å². The Hall–Kier alpha value is -3.13. The number of carboxylic acid groups (broad SMARTS) is 1. The molecule has 0 bridgehead atoms. The van der Waals surface area contributed by atoms with Crippen molar-refractivity contribution in [2.45, 2.75) is 0 Å². The van der Waals surface area contributed by atoms with Gasteiger partial charge in [-0.15, -0.1) is 0 Å². The molecule has 0 radical (unpaired) electrons. The average molecular weight is 342 g/mol. The second kappa shape index (κ2) is 6.78. The highest BCUT2D eigenvalue weighted by Crippen LogP contribution is 2.27. The van der Waals surface area contributed by atoms with Crippen LogP contribution in [-0.4, -0.2) is 58.9 Å². The zero-order chi connectivity index (χ0) is 18.0. The molecule has 0 aromatic carbocycles. The molecule has 8 nitrogen and oxygen atoms in total. The van der Waals surface area contributed by atoms with Crippen molar-refractivity contribution < 1.29 is 19.4 Å². The van der Waals surface area contributed by atoms with E-state index in [0.717, 1.165) is 5.39 Å². The number of allylic oxidation sites excluding steroid dienone is 1. The number of ketones is 1. The topological polar surface area (TPSA) is 108 Å². The van der Waals surface area contributed by atoms with E-state index in [1.54, 1.807) is 18.5 Å². The van der Waals surface area contributed by atoms with Crippen LogP contribution in [0.1, 0.15) is 5.56 Å². The highest BCUT2D eigenvalue weighted by Gasteiger charge is 2.35. The van der Waals surface area contributed by atoms with Crippen LogP contribution in [0, 0.1) is 0 Å². The van der Waals surface area contributed by atoms with Crippen LogP contribution in [0.3, 0.4) is 0 Å². The van der Waals surface area contributed by atoms with Gasteiger partial charge in [0.05, 0.1) is 0 Å². The average Bonchev–Trinajstić information content (AvgIpc) is 3.10. The number of carboxylic acids is 1. The number of pyridine rings is 1. The van der Waals surface area contributed by atoms with Crippen molar-refractivity contribution in [1.82, 2.24) is 20.2 Å². The fraction of sp³-hybridized carbons (Fsp3) is 0.235. The summed E-state index contributed by atoms with van der Waals surface area (Å²) in [6.45, 7) is 1.12. The van der Waals surface area contributed by atoms with Crippen molar-refractivity contribution in [1.29, 1.82) is 0 Å². The number of carbonyl (C=O) groups excluding carboxylic acids is 1. The fourth-order valence-corrected chi connectivity index (χ4v) is 2.48. The van der Waals surface area contributed by atoms with Crippen LogP contribution in [0.2, 0.25) is 0 Å². The maximum absolute atomic E-state index is 12.4. The smallest absolute Gasteiger partial charge is 0.345 e. The number of rotatable bonds is 6. The molecule has 0 fully saturated rings. The van der Waals surface area contributed by atoms with Crippen LogP contribution in [0.15, 0.2) is 41.7 Å². The van der Waals surface area contributed by atoms with Gasteiger partial charge in [0.15, 0.2) is 11.3 Å². The number of nitrogens with one attached hydrogen (secondary N) is 2. The molecule has 2 aromatic heterocycles. The summed E-state index contributed by atoms with van der Waals surface area (Å²) in [7, 11) is 3.79. The first-order valence-electron chi connectivity index (χ1n) is 7.70. The maximum Gasteiger partial charge on any atom is 0.345 e. The van der Waals surface area contributed by atoms with Crippen molar-refractivity contribution in [2.24, 2.45) is 0 Å². The molecule has 3 heterocycles. The van der Waals surface area contributed by atoms with Gasteiger partial charge in [-0.2, -0.15) is 0 Å². The molecule has 0 atom stereocenters. The molecule has 0 amide bonds. The Labute approximate surface area is 143 Å². The SMILES string of the molecule is CN(C)CCNC1=C(C(=O)O)C(=O)C(=Cc2c[nH]c3ncccc23)O1. The number of carbonyl (C=O) groups is 2. The Morgan fingerprint density at radius 1 is 1.48 bits per heavy atom. The van der Waals surface area contributed by atoms with E-state index in [4.69, 9.17) is 4.74 Å². The standard InChI is InChI=1S/C17H18N4O4/c1-21(2)7-6-19-16-13(17(23)24)14(22)12(25-16)8-10-9-20-15-11(10)4-3-5-18-15/h3-5,8-9,19H,6-7H2,1-2H3,(H,18,20)(H,23,24). The Bertz CT molecular complexity index is 895. The van der Waals surface area contributed by atoms with Crippen LogP contribution in [0.25, 0.3) is 17.1 Å². The van der Waals surface area contributed by atoms with Gasteiger partial charge in [0.1, 0.15) is 5.65 Å². The Balaban J connectivity index is 1.87.